The molecule has 9 nitrogen and oxygen atoms in total. The van der Waals surface area contributed by atoms with Gasteiger partial charge in [-0.1, -0.05) is 5.16 Å². The summed E-state index contributed by atoms with van der Waals surface area (Å²) in [7, 11) is 0. The van der Waals surface area contributed by atoms with Gasteiger partial charge < -0.3 is 20.2 Å². The van der Waals surface area contributed by atoms with Crippen molar-refractivity contribution in [3.8, 4) is 10.6 Å². The van der Waals surface area contributed by atoms with Crippen LogP contribution in [-0.4, -0.2) is 67.5 Å². The molecule has 5 heterocycles. The summed E-state index contributed by atoms with van der Waals surface area (Å²) < 4.78 is 37.3. The van der Waals surface area contributed by atoms with Gasteiger partial charge in [0.1, 0.15) is 5.82 Å². The van der Waals surface area contributed by atoms with E-state index in [1.54, 1.807) is 23.5 Å². The molecule has 2 aliphatic rings. The third kappa shape index (κ3) is 5.66. The van der Waals surface area contributed by atoms with E-state index in [0.717, 1.165) is 34.1 Å². The number of hydrogen-bond donors (Lipinski definition) is 2. The van der Waals surface area contributed by atoms with E-state index in [0.29, 0.717) is 35.1 Å². The maximum Gasteiger partial charge on any atom is 0.417 e. The highest BCUT2D eigenvalue weighted by atomic mass is 32.1. The molecular weight excluding hydrogens is 541 g/mol. The van der Waals surface area contributed by atoms with Crippen molar-refractivity contribution in [2.24, 2.45) is 5.16 Å². The molecule has 0 saturated carbocycles. The zero-order valence-corrected chi connectivity index (χ0v) is 22.2. The average molecular weight is 567 g/mol. The fourth-order valence-corrected chi connectivity index (χ4v) is 6.41. The van der Waals surface area contributed by atoms with E-state index in [2.05, 4.69) is 25.4 Å². The molecule has 0 aliphatic carbocycles. The van der Waals surface area contributed by atoms with E-state index in [1.807, 2.05) is 24.1 Å². The molecule has 0 spiro atoms. The molecule has 3 atom stereocenters. The van der Waals surface area contributed by atoms with Gasteiger partial charge >= 0.3 is 6.18 Å². The number of carbonyl (C=O) groups excluding carboxylic acids is 1. The fraction of sp³-hybridized carbons (Fsp3) is 0.458. The number of piperidine rings is 1. The van der Waals surface area contributed by atoms with Gasteiger partial charge in [0.25, 0.3) is 5.91 Å². The predicted molar refractivity (Wildman–Crippen MR) is 138 cm³/mol. The molecule has 2 bridgehead atoms. The number of aliphatic hydroxyl groups is 1. The van der Waals surface area contributed by atoms with Crippen LogP contribution in [0.25, 0.3) is 10.6 Å². The second-order valence-corrected chi connectivity index (χ2v) is 11.3. The summed E-state index contributed by atoms with van der Waals surface area (Å²) >= 11 is 3.06. The van der Waals surface area contributed by atoms with E-state index >= 15 is 0 Å². The Labute approximate surface area is 224 Å². The molecule has 38 heavy (non-hydrogen) atoms. The minimum absolute atomic E-state index is 0.110. The van der Waals surface area contributed by atoms with Crippen LogP contribution in [0.1, 0.15) is 46.7 Å². The number of aliphatic hydroxyl groups excluding tert-OH is 1. The van der Waals surface area contributed by atoms with E-state index in [4.69, 9.17) is 9.94 Å². The summed E-state index contributed by atoms with van der Waals surface area (Å²) in [6.45, 7) is 2.97. The maximum atomic E-state index is 13.3. The number of carbonyl (C=O) groups is 1. The van der Waals surface area contributed by atoms with Gasteiger partial charge in [-0.05, 0) is 38.8 Å². The number of halogens is 3. The van der Waals surface area contributed by atoms with Gasteiger partial charge in [0.15, 0.2) is 17.8 Å². The van der Waals surface area contributed by atoms with E-state index in [9.17, 15) is 18.0 Å². The highest BCUT2D eigenvalue weighted by Gasteiger charge is 2.43. The number of oxime groups is 1. The lowest BCUT2D eigenvalue weighted by atomic mass is 9.99. The standard InChI is InChI=1S/C24H25F3N6O3S2/c1-12-21(38-13(2)29-12)18-11-37-23(30-18)31-20-6-3-14(9-28-20)22(35)33-16-4-5-17(33)8-15(7-16)32-36-10-19(34)24(25,26)27/h3,6,9,11,16-17,19,34H,4-5,7-8,10H2,1-2H3,(H,28,30,31)/t16-,17+,19-/m1/s1. The smallest absolute Gasteiger partial charge is 0.393 e. The molecule has 1 amide bonds. The van der Waals surface area contributed by atoms with Crippen molar-refractivity contribution in [3.05, 3.63) is 40.0 Å². The molecule has 3 aromatic heterocycles. The molecule has 202 valence electrons. The van der Waals surface area contributed by atoms with Gasteiger partial charge in [0, 0.05) is 36.5 Å². The van der Waals surface area contributed by atoms with Crippen molar-refractivity contribution in [2.45, 2.75) is 63.9 Å². The normalized spacial score (nSPS) is 21.1. The largest absolute Gasteiger partial charge is 0.417 e. The molecule has 5 rings (SSSR count). The number of thiazole rings is 2. The molecule has 2 aliphatic heterocycles. The molecule has 3 aromatic rings. The van der Waals surface area contributed by atoms with Crippen LogP contribution in [0.3, 0.4) is 0 Å². The summed E-state index contributed by atoms with van der Waals surface area (Å²) in [5, 5.41) is 19.7. The lowest BCUT2D eigenvalue weighted by molar-refractivity contribution is -0.217. The Morgan fingerprint density at radius 1 is 1.26 bits per heavy atom. The molecule has 14 heteroatoms. The molecule has 0 unspecified atom stereocenters. The summed E-state index contributed by atoms with van der Waals surface area (Å²) in [5.74, 6) is 0.422. The Balaban J connectivity index is 1.19. The summed E-state index contributed by atoms with van der Waals surface area (Å²) in [6.07, 6.45) is -3.42. The van der Waals surface area contributed by atoms with Crippen LogP contribution >= 0.6 is 22.7 Å². The van der Waals surface area contributed by atoms with Crippen LogP contribution in [0, 0.1) is 13.8 Å². The Morgan fingerprint density at radius 2 is 2.00 bits per heavy atom. The van der Waals surface area contributed by atoms with Gasteiger partial charge in [-0.3, -0.25) is 4.79 Å². The second kappa shape index (κ2) is 10.6. The van der Waals surface area contributed by atoms with E-state index in [1.165, 1.54) is 17.5 Å². The number of pyridine rings is 1. The lowest BCUT2D eigenvalue weighted by Crippen LogP contribution is -2.47. The predicted octanol–water partition coefficient (Wildman–Crippen LogP) is 5.08. The third-order valence-electron chi connectivity index (χ3n) is 6.49. The van der Waals surface area contributed by atoms with Gasteiger partial charge in [-0.25, -0.2) is 15.0 Å². The van der Waals surface area contributed by atoms with Crippen LogP contribution in [0.5, 0.6) is 0 Å². The highest BCUT2D eigenvalue weighted by Crippen LogP contribution is 2.36. The van der Waals surface area contributed by atoms with Crippen molar-refractivity contribution in [1.82, 2.24) is 19.9 Å². The van der Waals surface area contributed by atoms with Gasteiger partial charge in [-0.2, -0.15) is 13.2 Å². The fourth-order valence-electron chi connectivity index (χ4n) is 4.75. The summed E-state index contributed by atoms with van der Waals surface area (Å²) in [5.41, 5.74) is 2.86. The quantitative estimate of drug-likeness (QED) is 0.383. The van der Waals surface area contributed by atoms with Gasteiger partial charge in [-0.15, -0.1) is 22.7 Å². The Kier molecular flexibility index (Phi) is 7.38. The van der Waals surface area contributed by atoms with Crippen LogP contribution in [0.2, 0.25) is 0 Å². The lowest BCUT2D eigenvalue weighted by Gasteiger charge is -2.35. The molecular formula is C24H25F3N6O3S2. The van der Waals surface area contributed by atoms with Crippen molar-refractivity contribution < 1.29 is 27.9 Å². The van der Waals surface area contributed by atoms with E-state index < -0.39 is 18.9 Å². The number of aromatic nitrogens is 3. The zero-order valence-electron chi connectivity index (χ0n) is 20.5. The summed E-state index contributed by atoms with van der Waals surface area (Å²) in [4.78, 5) is 34.3. The van der Waals surface area contributed by atoms with Crippen molar-refractivity contribution >= 4 is 45.2 Å². The first-order valence-electron chi connectivity index (χ1n) is 12.0. The number of amides is 1. The van der Waals surface area contributed by atoms with E-state index in [-0.39, 0.29) is 18.0 Å². The molecule has 0 aromatic carbocycles. The average Bonchev–Trinajstić information content (AvgIpc) is 3.53. The minimum Gasteiger partial charge on any atom is -0.393 e. The first kappa shape index (κ1) is 26.5. The number of nitrogens with one attached hydrogen (secondary N) is 1. The first-order valence-corrected chi connectivity index (χ1v) is 13.7. The minimum atomic E-state index is -4.75. The second-order valence-electron chi connectivity index (χ2n) is 9.26. The SMILES string of the molecule is Cc1nc(C)c(-c2csc(Nc3ccc(C(=O)N4[C@@H]5CC[C@H]4CC(=NOC[C@@H](O)C(F)(F)F)C5)cn3)n2)s1. The highest BCUT2D eigenvalue weighted by molar-refractivity contribution is 7.16. The number of alkyl halides is 3. The van der Waals surface area contributed by atoms with Crippen LogP contribution in [0.15, 0.2) is 28.9 Å². The Bertz CT molecular complexity index is 1320. The zero-order chi connectivity index (χ0) is 27.0. The first-order chi connectivity index (χ1) is 18.1. The Hall–Kier alpha value is -3.10. The van der Waals surface area contributed by atoms with Crippen LogP contribution in [-0.2, 0) is 4.84 Å². The summed E-state index contributed by atoms with van der Waals surface area (Å²) in [6, 6.07) is 3.23. The Morgan fingerprint density at radius 3 is 2.61 bits per heavy atom. The van der Waals surface area contributed by atoms with Crippen molar-refractivity contribution in [1.29, 1.82) is 0 Å². The van der Waals surface area contributed by atoms with Crippen molar-refractivity contribution in [3.63, 3.8) is 0 Å². The molecule has 2 saturated heterocycles. The number of rotatable bonds is 7. The maximum absolute atomic E-state index is 13.3. The third-order valence-corrected chi connectivity index (χ3v) is 8.34. The van der Waals surface area contributed by atoms with Gasteiger partial charge in [0.05, 0.1) is 32.5 Å². The van der Waals surface area contributed by atoms with Crippen LogP contribution < -0.4 is 5.32 Å². The number of hydrogen-bond acceptors (Lipinski definition) is 10. The van der Waals surface area contributed by atoms with Gasteiger partial charge in [0.2, 0.25) is 0 Å². The molecule has 2 N–H and O–H groups in total. The molecule has 2 fully saturated rings. The van der Waals surface area contributed by atoms with Crippen molar-refractivity contribution in [2.75, 3.05) is 11.9 Å². The monoisotopic (exact) mass is 566 g/mol. The van der Waals surface area contributed by atoms with Crippen LogP contribution in [0.4, 0.5) is 24.1 Å². The number of nitrogens with zero attached hydrogens (tertiary/aromatic N) is 5. The number of fused-ring (bicyclic) bond motifs is 2. The topological polar surface area (TPSA) is 113 Å². The number of anilines is 2. The molecule has 0 radical (unpaired) electrons. The number of aryl methyl sites for hydroxylation is 2.